The largest absolute Gasteiger partial charge is 0.394 e. The zero-order chi connectivity index (χ0) is 13.8. The SMILES string of the molecule is CC(C)CNC(CO)c1ccc(C(C)(C)C)cc1. The third-order valence-corrected chi connectivity index (χ3v) is 3.13. The van der Waals surface area contributed by atoms with Crippen LogP contribution >= 0.6 is 0 Å². The van der Waals surface area contributed by atoms with Crippen molar-refractivity contribution in [2.24, 2.45) is 5.92 Å². The molecule has 1 aromatic rings. The number of benzene rings is 1. The summed E-state index contributed by atoms with van der Waals surface area (Å²) in [5.41, 5.74) is 2.66. The van der Waals surface area contributed by atoms with Crippen molar-refractivity contribution in [3.63, 3.8) is 0 Å². The fourth-order valence-electron chi connectivity index (χ4n) is 1.88. The maximum atomic E-state index is 9.46. The lowest BCUT2D eigenvalue weighted by atomic mass is 9.86. The van der Waals surface area contributed by atoms with Gasteiger partial charge in [0.05, 0.1) is 12.6 Å². The fraction of sp³-hybridized carbons (Fsp3) is 0.625. The van der Waals surface area contributed by atoms with Crippen molar-refractivity contribution in [1.29, 1.82) is 0 Å². The van der Waals surface area contributed by atoms with Gasteiger partial charge in [-0.3, -0.25) is 0 Å². The van der Waals surface area contributed by atoms with E-state index in [9.17, 15) is 5.11 Å². The Balaban J connectivity index is 2.76. The second kappa shape index (κ2) is 6.35. The molecule has 0 fully saturated rings. The van der Waals surface area contributed by atoms with Crippen LogP contribution in [0.15, 0.2) is 24.3 Å². The molecule has 2 nitrogen and oxygen atoms in total. The van der Waals surface area contributed by atoms with Gasteiger partial charge in [-0.2, -0.15) is 0 Å². The highest BCUT2D eigenvalue weighted by atomic mass is 16.3. The van der Waals surface area contributed by atoms with Crippen LogP contribution < -0.4 is 5.32 Å². The average molecular weight is 249 g/mol. The molecular formula is C16H27NO. The van der Waals surface area contributed by atoms with Crippen LogP contribution in [0.1, 0.15) is 51.8 Å². The average Bonchev–Trinajstić information content (AvgIpc) is 2.29. The number of hydrogen-bond acceptors (Lipinski definition) is 2. The fourth-order valence-corrected chi connectivity index (χ4v) is 1.88. The lowest BCUT2D eigenvalue weighted by Crippen LogP contribution is -2.28. The molecule has 0 radical (unpaired) electrons. The van der Waals surface area contributed by atoms with Crippen LogP contribution in [0.3, 0.4) is 0 Å². The molecule has 1 unspecified atom stereocenters. The maximum Gasteiger partial charge on any atom is 0.0626 e. The van der Waals surface area contributed by atoms with E-state index in [1.54, 1.807) is 0 Å². The van der Waals surface area contributed by atoms with Gasteiger partial charge in [0.15, 0.2) is 0 Å². The van der Waals surface area contributed by atoms with Gasteiger partial charge < -0.3 is 10.4 Å². The Labute approximate surface area is 111 Å². The van der Waals surface area contributed by atoms with E-state index in [4.69, 9.17) is 0 Å². The normalized spacial score (nSPS) is 13.9. The van der Waals surface area contributed by atoms with Gasteiger partial charge in [-0.1, -0.05) is 58.9 Å². The summed E-state index contributed by atoms with van der Waals surface area (Å²) in [6.07, 6.45) is 0. The molecule has 18 heavy (non-hydrogen) atoms. The standard InChI is InChI=1S/C16H27NO/c1-12(2)10-17-15(11-18)13-6-8-14(9-7-13)16(3,4)5/h6-9,12,15,17-18H,10-11H2,1-5H3. The van der Waals surface area contributed by atoms with E-state index in [-0.39, 0.29) is 18.1 Å². The topological polar surface area (TPSA) is 32.3 Å². The molecule has 1 aromatic carbocycles. The van der Waals surface area contributed by atoms with Crippen molar-refractivity contribution in [1.82, 2.24) is 5.32 Å². The Morgan fingerprint density at radius 1 is 1.11 bits per heavy atom. The number of aliphatic hydroxyl groups excluding tert-OH is 1. The highest BCUT2D eigenvalue weighted by Gasteiger charge is 2.15. The molecule has 0 aliphatic carbocycles. The van der Waals surface area contributed by atoms with Gasteiger partial charge >= 0.3 is 0 Å². The van der Waals surface area contributed by atoms with Gasteiger partial charge in [-0.15, -0.1) is 0 Å². The molecule has 0 amide bonds. The first-order valence-electron chi connectivity index (χ1n) is 6.79. The zero-order valence-electron chi connectivity index (χ0n) is 12.3. The summed E-state index contributed by atoms with van der Waals surface area (Å²) < 4.78 is 0. The van der Waals surface area contributed by atoms with Crippen molar-refractivity contribution < 1.29 is 5.11 Å². The van der Waals surface area contributed by atoms with Crippen LogP contribution in [0.2, 0.25) is 0 Å². The number of nitrogens with one attached hydrogen (secondary N) is 1. The first kappa shape index (κ1) is 15.2. The smallest absolute Gasteiger partial charge is 0.0626 e. The quantitative estimate of drug-likeness (QED) is 0.839. The van der Waals surface area contributed by atoms with Crippen LogP contribution in [-0.4, -0.2) is 18.3 Å². The predicted molar refractivity (Wildman–Crippen MR) is 77.8 cm³/mol. The van der Waals surface area contributed by atoms with E-state index in [1.807, 2.05) is 0 Å². The molecule has 1 rings (SSSR count). The van der Waals surface area contributed by atoms with Crippen LogP contribution in [0.4, 0.5) is 0 Å². The minimum Gasteiger partial charge on any atom is -0.394 e. The van der Waals surface area contributed by atoms with Crippen molar-refractivity contribution in [3.05, 3.63) is 35.4 Å². The molecule has 0 heterocycles. The van der Waals surface area contributed by atoms with Crippen LogP contribution in [0.25, 0.3) is 0 Å². The Hall–Kier alpha value is -0.860. The summed E-state index contributed by atoms with van der Waals surface area (Å²) in [7, 11) is 0. The zero-order valence-corrected chi connectivity index (χ0v) is 12.3. The van der Waals surface area contributed by atoms with Crippen LogP contribution in [0, 0.1) is 5.92 Å². The number of hydrogen-bond donors (Lipinski definition) is 2. The van der Waals surface area contributed by atoms with E-state index in [2.05, 4.69) is 64.2 Å². The highest BCUT2D eigenvalue weighted by molar-refractivity contribution is 5.29. The molecule has 0 saturated heterocycles. The molecule has 0 aliphatic rings. The Bertz CT molecular complexity index is 348. The summed E-state index contributed by atoms with van der Waals surface area (Å²) >= 11 is 0. The Morgan fingerprint density at radius 2 is 1.67 bits per heavy atom. The van der Waals surface area contributed by atoms with E-state index in [0.29, 0.717) is 5.92 Å². The van der Waals surface area contributed by atoms with Crippen LogP contribution in [0.5, 0.6) is 0 Å². The van der Waals surface area contributed by atoms with E-state index in [0.717, 1.165) is 12.1 Å². The van der Waals surface area contributed by atoms with Crippen molar-refractivity contribution >= 4 is 0 Å². The van der Waals surface area contributed by atoms with E-state index in [1.165, 1.54) is 5.56 Å². The number of aliphatic hydroxyl groups is 1. The third kappa shape index (κ3) is 4.43. The van der Waals surface area contributed by atoms with Gasteiger partial charge in [-0.25, -0.2) is 0 Å². The van der Waals surface area contributed by atoms with E-state index < -0.39 is 0 Å². The second-order valence-corrected chi connectivity index (χ2v) is 6.41. The molecular weight excluding hydrogens is 222 g/mol. The summed E-state index contributed by atoms with van der Waals surface area (Å²) in [5, 5.41) is 12.9. The second-order valence-electron chi connectivity index (χ2n) is 6.41. The Morgan fingerprint density at radius 3 is 2.06 bits per heavy atom. The van der Waals surface area contributed by atoms with Gasteiger partial charge in [0, 0.05) is 0 Å². The van der Waals surface area contributed by atoms with Gasteiger partial charge in [-0.05, 0) is 29.0 Å². The molecule has 0 aliphatic heterocycles. The molecule has 0 aromatic heterocycles. The van der Waals surface area contributed by atoms with E-state index >= 15 is 0 Å². The Kier molecular flexibility index (Phi) is 5.36. The highest BCUT2D eigenvalue weighted by Crippen LogP contribution is 2.23. The van der Waals surface area contributed by atoms with Crippen molar-refractivity contribution in [2.45, 2.75) is 46.1 Å². The molecule has 0 bridgehead atoms. The van der Waals surface area contributed by atoms with Gasteiger partial charge in [0.25, 0.3) is 0 Å². The van der Waals surface area contributed by atoms with Gasteiger partial charge in [0.1, 0.15) is 0 Å². The summed E-state index contributed by atoms with van der Waals surface area (Å²) in [4.78, 5) is 0. The van der Waals surface area contributed by atoms with Crippen molar-refractivity contribution in [2.75, 3.05) is 13.2 Å². The first-order chi connectivity index (χ1) is 8.34. The molecule has 2 N–H and O–H groups in total. The summed E-state index contributed by atoms with van der Waals surface area (Å²) in [5.74, 6) is 0.591. The number of rotatable bonds is 5. The van der Waals surface area contributed by atoms with Gasteiger partial charge in [0.2, 0.25) is 0 Å². The molecule has 0 saturated carbocycles. The molecule has 0 spiro atoms. The minimum absolute atomic E-state index is 0.0430. The molecule has 1 atom stereocenters. The minimum atomic E-state index is 0.0430. The predicted octanol–water partition coefficient (Wildman–Crippen LogP) is 3.26. The molecule has 2 heteroatoms. The van der Waals surface area contributed by atoms with Crippen molar-refractivity contribution in [3.8, 4) is 0 Å². The maximum absolute atomic E-state index is 9.46. The lowest BCUT2D eigenvalue weighted by molar-refractivity contribution is 0.241. The first-order valence-corrected chi connectivity index (χ1v) is 6.79. The molecule has 102 valence electrons. The monoisotopic (exact) mass is 249 g/mol. The lowest BCUT2D eigenvalue weighted by Gasteiger charge is -2.22. The summed E-state index contributed by atoms with van der Waals surface area (Å²) in [6.45, 7) is 12.0. The summed E-state index contributed by atoms with van der Waals surface area (Å²) in [6, 6.07) is 8.61. The third-order valence-electron chi connectivity index (χ3n) is 3.13. The van der Waals surface area contributed by atoms with Crippen LogP contribution in [-0.2, 0) is 5.41 Å².